The Morgan fingerprint density at radius 1 is 1.15 bits per heavy atom. The molecule has 0 bridgehead atoms. The van der Waals surface area contributed by atoms with E-state index in [0.717, 1.165) is 5.76 Å². The Hall–Kier alpha value is -3.00. The molecule has 1 aliphatic rings. The van der Waals surface area contributed by atoms with E-state index in [4.69, 9.17) is 13.9 Å². The van der Waals surface area contributed by atoms with Gasteiger partial charge in [-0.2, -0.15) is 0 Å². The number of urea groups is 1. The van der Waals surface area contributed by atoms with Crippen LogP contribution in [-0.4, -0.2) is 43.6 Å². The smallest absolute Gasteiger partial charge is 0.325 e. The van der Waals surface area contributed by atoms with Crippen molar-refractivity contribution in [3.8, 4) is 11.5 Å². The lowest BCUT2D eigenvalue weighted by molar-refractivity contribution is -0.120. The Labute approximate surface area is 151 Å². The fourth-order valence-corrected chi connectivity index (χ4v) is 2.51. The Morgan fingerprint density at radius 3 is 2.73 bits per heavy atom. The standard InChI is InChI=1S/C18H21N3O5/c1-21(12-14-3-2-8-24-14)7-6-17(22)20-18(23)19-13-4-5-15-16(11-13)26-10-9-25-15/h2-5,8,11H,6-7,9-10,12H2,1H3,(H2,19,20,22,23). The van der Waals surface area contributed by atoms with Gasteiger partial charge in [0.25, 0.3) is 0 Å². The molecule has 0 aliphatic carbocycles. The summed E-state index contributed by atoms with van der Waals surface area (Å²) in [5, 5.41) is 4.92. The van der Waals surface area contributed by atoms with Gasteiger partial charge in [0.1, 0.15) is 19.0 Å². The van der Waals surface area contributed by atoms with Gasteiger partial charge >= 0.3 is 6.03 Å². The molecule has 138 valence electrons. The van der Waals surface area contributed by atoms with Crippen LogP contribution in [0.5, 0.6) is 11.5 Å². The van der Waals surface area contributed by atoms with Crippen LogP contribution in [0.25, 0.3) is 0 Å². The first-order chi connectivity index (χ1) is 12.6. The number of hydrogen-bond donors (Lipinski definition) is 2. The van der Waals surface area contributed by atoms with Gasteiger partial charge in [0.15, 0.2) is 11.5 Å². The summed E-state index contributed by atoms with van der Waals surface area (Å²) in [6, 6.07) is 8.18. The van der Waals surface area contributed by atoms with Crippen LogP contribution in [0.1, 0.15) is 12.2 Å². The minimum atomic E-state index is -0.583. The molecule has 1 aromatic carbocycles. The second-order valence-corrected chi connectivity index (χ2v) is 5.93. The fraction of sp³-hybridized carbons (Fsp3) is 0.333. The normalized spacial score (nSPS) is 12.7. The third-order valence-corrected chi connectivity index (χ3v) is 3.78. The highest BCUT2D eigenvalue weighted by Gasteiger charge is 2.14. The van der Waals surface area contributed by atoms with E-state index in [9.17, 15) is 9.59 Å². The van der Waals surface area contributed by atoms with Crippen molar-refractivity contribution in [2.24, 2.45) is 0 Å². The molecule has 0 saturated heterocycles. The summed E-state index contributed by atoms with van der Waals surface area (Å²) in [6.07, 6.45) is 1.81. The van der Waals surface area contributed by atoms with Crippen molar-refractivity contribution in [2.45, 2.75) is 13.0 Å². The molecule has 2 heterocycles. The van der Waals surface area contributed by atoms with Gasteiger partial charge in [-0.05, 0) is 31.3 Å². The quantitative estimate of drug-likeness (QED) is 0.822. The summed E-state index contributed by atoms with van der Waals surface area (Å²) >= 11 is 0. The predicted molar refractivity (Wildman–Crippen MR) is 94.3 cm³/mol. The van der Waals surface area contributed by atoms with Gasteiger partial charge in [-0.15, -0.1) is 0 Å². The molecular formula is C18H21N3O5. The van der Waals surface area contributed by atoms with Crippen molar-refractivity contribution in [1.82, 2.24) is 10.2 Å². The van der Waals surface area contributed by atoms with E-state index in [1.165, 1.54) is 0 Å². The maximum Gasteiger partial charge on any atom is 0.325 e. The average molecular weight is 359 g/mol. The van der Waals surface area contributed by atoms with Crippen molar-refractivity contribution in [1.29, 1.82) is 0 Å². The SMILES string of the molecule is CN(CCC(=O)NC(=O)Nc1ccc2c(c1)OCCO2)Cc1ccco1. The molecule has 0 fully saturated rings. The molecule has 26 heavy (non-hydrogen) atoms. The number of carbonyl (C=O) groups excluding carboxylic acids is 2. The highest BCUT2D eigenvalue weighted by atomic mass is 16.6. The zero-order valence-electron chi connectivity index (χ0n) is 14.5. The van der Waals surface area contributed by atoms with E-state index in [2.05, 4.69) is 10.6 Å². The maximum atomic E-state index is 11.9. The summed E-state index contributed by atoms with van der Waals surface area (Å²) < 4.78 is 16.1. The lowest BCUT2D eigenvalue weighted by Crippen LogP contribution is -2.36. The number of furan rings is 1. The van der Waals surface area contributed by atoms with Crippen LogP contribution >= 0.6 is 0 Å². The molecule has 1 aliphatic heterocycles. The van der Waals surface area contributed by atoms with Crippen molar-refractivity contribution < 1.29 is 23.5 Å². The molecule has 0 saturated carbocycles. The molecule has 2 aromatic rings. The van der Waals surface area contributed by atoms with Crippen LogP contribution in [0.2, 0.25) is 0 Å². The van der Waals surface area contributed by atoms with Gasteiger partial charge in [0, 0.05) is 24.7 Å². The minimum absolute atomic E-state index is 0.200. The van der Waals surface area contributed by atoms with Gasteiger partial charge < -0.3 is 19.2 Å². The van der Waals surface area contributed by atoms with E-state index >= 15 is 0 Å². The Bertz CT molecular complexity index is 760. The molecule has 0 radical (unpaired) electrons. The molecule has 3 amide bonds. The summed E-state index contributed by atoms with van der Waals surface area (Å²) in [6.45, 7) is 2.07. The average Bonchev–Trinajstić information content (AvgIpc) is 3.12. The number of anilines is 1. The first-order valence-electron chi connectivity index (χ1n) is 8.31. The van der Waals surface area contributed by atoms with Crippen molar-refractivity contribution >= 4 is 17.6 Å². The summed E-state index contributed by atoms with van der Waals surface area (Å²) in [5.74, 6) is 1.67. The number of imide groups is 1. The first kappa shape index (κ1) is 17.8. The number of benzene rings is 1. The van der Waals surface area contributed by atoms with E-state index in [1.807, 2.05) is 24.1 Å². The number of hydrogen-bond acceptors (Lipinski definition) is 6. The number of amides is 3. The zero-order valence-corrected chi connectivity index (χ0v) is 14.5. The molecule has 3 rings (SSSR count). The molecule has 1 aromatic heterocycles. The lowest BCUT2D eigenvalue weighted by atomic mass is 10.2. The van der Waals surface area contributed by atoms with E-state index in [0.29, 0.717) is 43.5 Å². The fourth-order valence-electron chi connectivity index (χ4n) is 2.51. The zero-order chi connectivity index (χ0) is 18.4. The van der Waals surface area contributed by atoms with Gasteiger partial charge in [0.2, 0.25) is 5.91 Å². The van der Waals surface area contributed by atoms with Crippen LogP contribution in [0.15, 0.2) is 41.0 Å². The Balaban J connectivity index is 1.42. The molecule has 2 N–H and O–H groups in total. The topological polar surface area (TPSA) is 93.0 Å². The monoisotopic (exact) mass is 359 g/mol. The number of nitrogens with one attached hydrogen (secondary N) is 2. The van der Waals surface area contributed by atoms with Crippen LogP contribution < -0.4 is 20.1 Å². The number of fused-ring (bicyclic) bond motifs is 1. The second kappa shape index (κ2) is 8.39. The van der Waals surface area contributed by atoms with E-state index in [-0.39, 0.29) is 12.3 Å². The number of carbonyl (C=O) groups is 2. The molecule has 8 nitrogen and oxygen atoms in total. The summed E-state index contributed by atoms with van der Waals surface area (Å²) in [5.41, 5.74) is 0.523. The summed E-state index contributed by atoms with van der Waals surface area (Å²) in [7, 11) is 1.88. The van der Waals surface area contributed by atoms with E-state index in [1.54, 1.807) is 24.5 Å². The molecule has 0 unspecified atom stereocenters. The first-order valence-corrected chi connectivity index (χ1v) is 8.31. The highest BCUT2D eigenvalue weighted by molar-refractivity contribution is 6.01. The largest absolute Gasteiger partial charge is 0.486 e. The molecule has 8 heteroatoms. The van der Waals surface area contributed by atoms with Crippen molar-refractivity contribution in [2.75, 3.05) is 32.1 Å². The van der Waals surface area contributed by atoms with Crippen LogP contribution in [0.4, 0.5) is 10.5 Å². The lowest BCUT2D eigenvalue weighted by Gasteiger charge is -2.19. The molecule has 0 spiro atoms. The minimum Gasteiger partial charge on any atom is -0.486 e. The number of rotatable bonds is 6. The van der Waals surface area contributed by atoms with Crippen LogP contribution in [0, 0.1) is 0 Å². The third kappa shape index (κ3) is 5.00. The number of nitrogens with zero attached hydrogens (tertiary/aromatic N) is 1. The third-order valence-electron chi connectivity index (χ3n) is 3.78. The summed E-state index contributed by atoms with van der Waals surface area (Å²) in [4.78, 5) is 25.8. The second-order valence-electron chi connectivity index (χ2n) is 5.93. The van der Waals surface area contributed by atoms with E-state index < -0.39 is 6.03 Å². The Morgan fingerprint density at radius 2 is 1.96 bits per heavy atom. The predicted octanol–water partition coefficient (Wildman–Crippen LogP) is 2.22. The maximum absolute atomic E-state index is 11.9. The van der Waals surface area contributed by atoms with Crippen LogP contribution in [0.3, 0.4) is 0 Å². The molecular weight excluding hydrogens is 338 g/mol. The van der Waals surface area contributed by atoms with Gasteiger partial charge in [0.05, 0.1) is 12.8 Å². The van der Waals surface area contributed by atoms with Gasteiger partial charge in [-0.1, -0.05) is 0 Å². The van der Waals surface area contributed by atoms with Crippen LogP contribution in [-0.2, 0) is 11.3 Å². The van der Waals surface area contributed by atoms with Gasteiger partial charge in [-0.25, -0.2) is 4.79 Å². The highest BCUT2D eigenvalue weighted by Crippen LogP contribution is 2.32. The van der Waals surface area contributed by atoms with Crippen molar-refractivity contribution in [3.05, 3.63) is 42.4 Å². The molecule has 0 atom stereocenters. The van der Waals surface area contributed by atoms with Gasteiger partial charge in [-0.3, -0.25) is 15.0 Å². The Kier molecular flexibility index (Phi) is 5.75. The van der Waals surface area contributed by atoms with Crippen molar-refractivity contribution in [3.63, 3.8) is 0 Å². The number of ether oxygens (including phenoxy) is 2.